The number of aliphatic hydroxyl groups is 1. The average molecular weight is 303 g/mol. The number of sulfonamides is 1. The number of thioether (sulfide) groups is 1. The van der Waals surface area contributed by atoms with Gasteiger partial charge in [0, 0.05) is 19.3 Å². The molecule has 0 saturated carbocycles. The van der Waals surface area contributed by atoms with Gasteiger partial charge in [-0.15, -0.1) is 0 Å². The van der Waals surface area contributed by atoms with Crippen LogP contribution in [0.15, 0.2) is 17.0 Å². The van der Waals surface area contributed by atoms with Gasteiger partial charge in [-0.25, -0.2) is 12.7 Å². The standard InChI is InChI=1S/C13H21NO3S2/c1-10-7-12(9-15)8-13(11(10)2)19(16,17)14(3)5-6-18-4/h7-8,15H,5-6,9H2,1-4H3. The summed E-state index contributed by atoms with van der Waals surface area (Å²) in [5.41, 5.74) is 2.25. The van der Waals surface area contributed by atoms with E-state index in [9.17, 15) is 13.5 Å². The zero-order valence-corrected chi connectivity index (χ0v) is 13.4. The molecule has 0 bridgehead atoms. The molecule has 4 nitrogen and oxygen atoms in total. The summed E-state index contributed by atoms with van der Waals surface area (Å²) in [6, 6.07) is 3.38. The van der Waals surface area contributed by atoms with E-state index < -0.39 is 10.0 Å². The maximum atomic E-state index is 12.5. The summed E-state index contributed by atoms with van der Waals surface area (Å²) in [5, 5.41) is 9.21. The molecule has 0 saturated heterocycles. The molecule has 0 unspecified atom stereocenters. The zero-order chi connectivity index (χ0) is 14.6. The number of benzene rings is 1. The first-order chi connectivity index (χ1) is 8.84. The second kappa shape index (κ2) is 6.74. The van der Waals surface area contributed by atoms with E-state index in [1.165, 1.54) is 4.31 Å². The lowest BCUT2D eigenvalue weighted by atomic mass is 10.1. The minimum absolute atomic E-state index is 0.155. The van der Waals surface area contributed by atoms with Crippen LogP contribution in [0.5, 0.6) is 0 Å². The van der Waals surface area contributed by atoms with E-state index in [0.29, 0.717) is 17.0 Å². The minimum atomic E-state index is -3.49. The lowest BCUT2D eigenvalue weighted by Gasteiger charge is -2.19. The topological polar surface area (TPSA) is 57.6 Å². The number of hydrogen-bond acceptors (Lipinski definition) is 4. The maximum absolute atomic E-state index is 12.5. The van der Waals surface area contributed by atoms with Crippen molar-refractivity contribution >= 4 is 21.8 Å². The van der Waals surface area contributed by atoms with Crippen LogP contribution in [0.3, 0.4) is 0 Å². The van der Waals surface area contributed by atoms with Crippen molar-refractivity contribution in [1.29, 1.82) is 0 Å². The summed E-state index contributed by atoms with van der Waals surface area (Å²) in [7, 11) is -1.90. The van der Waals surface area contributed by atoms with Gasteiger partial charge in [-0.05, 0) is 42.9 Å². The molecule has 1 aromatic rings. The highest BCUT2D eigenvalue weighted by Gasteiger charge is 2.23. The molecule has 1 aromatic carbocycles. The molecule has 0 spiro atoms. The van der Waals surface area contributed by atoms with Crippen molar-refractivity contribution in [1.82, 2.24) is 4.31 Å². The molecule has 108 valence electrons. The molecule has 1 N–H and O–H groups in total. The maximum Gasteiger partial charge on any atom is 0.243 e. The Bertz CT molecular complexity index is 541. The molecular weight excluding hydrogens is 282 g/mol. The summed E-state index contributed by atoms with van der Waals surface area (Å²) in [6.07, 6.45) is 1.95. The van der Waals surface area contributed by atoms with Crippen LogP contribution in [-0.2, 0) is 16.6 Å². The Morgan fingerprint density at radius 1 is 1.32 bits per heavy atom. The van der Waals surface area contributed by atoms with Crippen LogP contribution in [0.1, 0.15) is 16.7 Å². The molecule has 0 atom stereocenters. The predicted octanol–water partition coefficient (Wildman–Crippen LogP) is 1.78. The highest BCUT2D eigenvalue weighted by molar-refractivity contribution is 7.98. The second-order valence-electron chi connectivity index (χ2n) is 4.51. The summed E-state index contributed by atoms with van der Waals surface area (Å²) >= 11 is 1.61. The first-order valence-electron chi connectivity index (χ1n) is 6.00. The van der Waals surface area contributed by atoms with Gasteiger partial charge in [0.05, 0.1) is 11.5 Å². The Balaban J connectivity index is 3.24. The van der Waals surface area contributed by atoms with E-state index in [-0.39, 0.29) is 6.61 Å². The lowest BCUT2D eigenvalue weighted by molar-refractivity contribution is 0.281. The number of rotatable bonds is 6. The molecular formula is C13H21NO3S2. The fraction of sp³-hybridized carbons (Fsp3) is 0.538. The van der Waals surface area contributed by atoms with E-state index in [2.05, 4.69) is 0 Å². The molecule has 0 amide bonds. The monoisotopic (exact) mass is 303 g/mol. The molecule has 0 aliphatic heterocycles. The summed E-state index contributed by atoms with van der Waals surface area (Å²) in [6.45, 7) is 3.98. The minimum Gasteiger partial charge on any atom is -0.392 e. The van der Waals surface area contributed by atoms with Crippen LogP contribution in [0, 0.1) is 13.8 Å². The van der Waals surface area contributed by atoms with Gasteiger partial charge in [-0.2, -0.15) is 11.8 Å². The van der Waals surface area contributed by atoms with Crippen LogP contribution in [0.25, 0.3) is 0 Å². The normalized spacial score (nSPS) is 12.1. The Kier molecular flexibility index (Phi) is 5.85. The molecule has 19 heavy (non-hydrogen) atoms. The third-order valence-corrected chi connectivity index (χ3v) is 5.73. The SMILES string of the molecule is CSCCN(C)S(=O)(=O)c1cc(CO)cc(C)c1C. The van der Waals surface area contributed by atoms with Crippen molar-refractivity contribution < 1.29 is 13.5 Å². The highest BCUT2D eigenvalue weighted by Crippen LogP contribution is 2.24. The van der Waals surface area contributed by atoms with Gasteiger partial charge in [-0.1, -0.05) is 6.07 Å². The van der Waals surface area contributed by atoms with Gasteiger partial charge in [0.2, 0.25) is 10.0 Å². The van der Waals surface area contributed by atoms with E-state index >= 15 is 0 Å². The van der Waals surface area contributed by atoms with E-state index in [1.54, 1.807) is 31.8 Å². The predicted molar refractivity (Wildman–Crippen MR) is 80.0 cm³/mol. The number of hydrogen-bond donors (Lipinski definition) is 1. The van der Waals surface area contributed by atoms with Crippen LogP contribution >= 0.6 is 11.8 Å². The fourth-order valence-corrected chi connectivity index (χ4v) is 3.85. The quantitative estimate of drug-likeness (QED) is 0.870. The molecule has 0 aliphatic carbocycles. The van der Waals surface area contributed by atoms with Crippen molar-refractivity contribution in [2.24, 2.45) is 0 Å². The molecule has 0 heterocycles. The van der Waals surface area contributed by atoms with Crippen molar-refractivity contribution in [3.63, 3.8) is 0 Å². The van der Waals surface area contributed by atoms with Gasteiger partial charge in [0.1, 0.15) is 0 Å². The molecule has 0 aliphatic rings. The highest BCUT2D eigenvalue weighted by atomic mass is 32.2. The van der Waals surface area contributed by atoms with Crippen molar-refractivity contribution in [2.45, 2.75) is 25.3 Å². The second-order valence-corrected chi connectivity index (χ2v) is 7.51. The van der Waals surface area contributed by atoms with Gasteiger partial charge in [0.15, 0.2) is 0 Å². The summed E-state index contributed by atoms with van der Waals surface area (Å²) < 4.78 is 26.4. The number of aryl methyl sites for hydroxylation is 1. The van der Waals surface area contributed by atoms with Crippen molar-refractivity contribution in [2.75, 3.05) is 25.6 Å². The third-order valence-electron chi connectivity index (χ3n) is 3.16. The molecule has 0 aromatic heterocycles. The third kappa shape index (κ3) is 3.72. The fourth-order valence-electron chi connectivity index (χ4n) is 1.77. The van der Waals surface area contributed by atoms with Crippen LogP contribution in [0.4, 0.5) is 0 Å². The number of aliphatic hydroxyl groups excluding tert-OH is 1. The van der Waals surface area contributed by atoms with Gasteiger partial charge in [0.25, 0.3) is 0 Å². The Morgan fingerprint density at radius 2 is 1.95 bits per heavy atom. The molecule has 1 rings (SSSR count). The van der Waals surface area contributed by atoms with Gasteiger partial charge in [-0.3, -0.25) is 0 Å². The molecule has 0 radical (unpaired) electrons. The van der Waals surface area contributed by atoms with Crippen molar-refractivity contribution in [3.8, 4) is 0 Å². The summed E-state index contributed by atoms with van der Waals surface area (Å²) in [4.78, 5) is 0.292. The van der Waals surface area contributed by atoms with Crippen LogP contribution in [-0.4, -0.2) is 43.4 Å². The Labute approximate surface area is 119 Å². The Hall–Kier alpha value is -0.560. The molecule has 0 fully saturated rings. The van der Waals surface area contributed by atoms with Crippen LogP contribution in [0.2, 0.25) is 0 Å². The van der Waals surface area contributed by atoms with Crippen molar-refractivity contribution in [3.05, 3.63) is 28.8 Å². The van der Waals surface area contributed by atoms with E-state index in [0.717, 1.165) is 16.9 Å². The smallest absolute Gasteiger partial charge is 0.243 e. The lowest BCUT2D eigenvalue weighted by Crippen LogP contribution is -2.29. The summed E-state index contributed by atoms with van der Waals surface area (Å²) in [5.74, 6) is 0.757. The van der Waals surface area contributed by atoms with Gasteiger partial charge < -0.3 is 5.11 Å². The first-order valence-corrected chi connectivity index (χ1v) is 8.84. The largest absolute Gasteiger partial charge is 0.392 e. The zero-order valence-electron chi connectivity index (χ0n) is 11.8. The Morgan fingerprint density at radius 3 is 2.47 bits per heavy atom. The number of nitrogens with zero attached hydrogens (tertiary/aromatic N) is 1. The van der Waals surface area contributed by atoms with E-state index in [1.807, 2.05) is 19.2 Å². The van der Waals surface area contributed by atoms with Gasteiger partial charge >= 0.3 is 0 Å². The van der Waals surface area contributed by atoms with Crippen LogP contribution < -0.4 is 0 Å². The van der Waals surface area contributed by atoms with E-state index in [4.69, 9.17) is 0 Å². The first kappa shape index (κ1) is 16.5. The molecule has 6 heteroatoms. The average Bonchev–Trinajstić information content (AvgIpc) is 2.38.